The fourth-order valence-corrected chi connectivity index (χ4v) is 5.27. The molecule has 2 aromatic carbocycles. The summed E-state index contributed by atoms with van der Waals surface area (Å²) in [7, 11) is -2.65. The van der Waals surface area contributed by atoms with Crippen LogP contribution in [0.25, 0.3) is 10.8 Å². The number of hydrogen-bond donors (Lipinski definition) is 0. The Morgan fingerprint density at radius 2 is 1.69 bits per heavy atom. The molecule has 212 valence electrons. The van der Waals surface area contributed by atoms with Crippen molar-refractivity contribution in [1.29, 1.82) is 0 Å². The maximum absolute atomic E-state index is 13.6. The molecule has 0 aromatic heterocycles. The van der Waals surface area contributed by atoms with Gasteiger partial charge in [-0.25, -0.2) is 4.79 Å². The van der Waals surface area contributed by atoms with Crippen molar-refractivity contribution in [3.05, 3.63) is 47.0 Å². The van der Waals surface area contributed by atoms with Crippen molar-refractivity contribution in [2.45, 2.75) is 65.0 Å². The molecule has 0 N–H and O–H groups in total. The van der Waals surface area contributed by atoms with Crippen molar-refractivity contribution in [2.24, 2.45) is 0 Å². The first-order valence-electron chi connectivity index (χ1n) is 13.0. The lowest BCUT2D eigenvalue weighted by Crippen LogP contribution is -2.50. The Bertz CT molecular complexity index is 1350. The van der Waals surface area contributed by atoms with Crippen molar-refractivity contribution >= 4 is 55.5 Å². The highest BCUT2D eigenvalue weighted by atomic mass is 35.5. The largest absolute Gasteiger partial charge is 0.466 e. The van der Waals surface area contributed by atoms with E-state index in [0.717, 1.165) is 10.8 Å². The highest BCUT2D eigenvalue weighted by Gasteiger charge is 2.32. The van der Waals surface area contributed by atoms with Gasteiger partial charge in [0.1, 0.15) is 5.60 Å². The first-order chi connectivity index (χ1) is 18.4. The van der Waals surface area contributed by atoms with Crippen LogP contribution in [0.3, 0.4) is 0 Å². The van der Waals surface area contributed by atoms with Crippen LogP contribution in [0.2, 0.25) is 5.02 Å². The van der Waals surface area contributed by atoms with Gasteiger partial charge in [0.05, 0.1) is 24.3 Å². The summed E-state index contributed by atoms with van der Waals surface area (Å²) in [5, 5.41) is 2.21. The zero-order valence-corrected chi connectivity index (χ0v) is 24.3. The van der Waals surface area contributed by atoms with Gasteiger partial charge in [0.25, 0.3) is 0 Å². The van der Waals surface area contributed by atoms with Crippen LogP contribution in [-0.4, -0.2) is 78.9 Å². The molecule has 2 aromatic rings. The fraction of sp³-hybridized carbons (Fsp3) is 0.500. The smallest absolute Gasteiger partial charge is 0.410 e. The molecule has 9 nitrogen and oxygen atoms in total. The highest BCUT2D eigenvalue weighted by molar-refractivity contribution is 7.73. The number of halogens is 1. The molecule has 0 unspecified atom stereocenters. The summed E-state index contributed by atoms with van der Waals surface area (Å²) in [6, 6.07) is 10.1. The number of piperidine rings is 1. The van der Waals surface area contributed by atoms with Crippen LogP contribution in [0.15, 0.2) is 36.4 Å². The van der Waals surface area contributed by atoms with Crippen LogP contribution in [0, 0.1) is 0 Å². The molecule has 0 radical (unpaired) electrons. The Kier molecular flexibility index (Phi) is 10.4. The average Bonchev–Trinajstić information content (AvgIpc) is 2.86. The molecule has 0 bridgehead atoms. The zero-order chi connectivity index (χ0) is 28.7. The monoisotopic (exact) mass is 578 g/mol. The minimum atomic E-state index is -2.65. The van der Waals surface area contributed by atoms with E-state index in [2.05, 4.69) is 0 Å². The number of hydrogen-bond acceptors (Lipinski definition) is 7. The summed E-state index contributed by atoms with van der Waals surface area (Å²) in [6.07, 6.45) is 0.156. The predicted molar refractivity (Wildman–Crippen MR) is 150 cm³/mol. The molecule has 1 saturated heterocycles. The van der Waals surface area contributed by atoms with Crippen molar-refractivity contribution < 1.29 is 32.3 Å². The molecule has 0 spiro atoms. The summed E-state index contributed by atoms with van der Waals surface area (Å²) >= 11 is 6.06. The summed E-state index contributed by atoms with van der Waals surface area (Å²) in [6.45, 7) is 8.16. The van der Waals surface area contributed by atoms with E-state index in [1.165, 1.54) is 0 Å². The van der Waals surface area contributed by atoms with Gasteiger partial charge in [-0.05, 0) is 75.1 Å². The van der Waals surface area contributed by atoms with Crippen LogP contribution in [0.1, 0.15) is 58.9 Å². The van der Waals surface area contributed by atoms with Crippen LogP contribution in [0.5, 0.6) is 0 Å². The molecule has 1 aliphatic rings. The maximum atomic E-state index is 13.6. The van der Waals surface area contributed by atoms with E-state index < -0.39 is 33.9 Å². The number of fused-ring (bicyclic) bond motifs is 1. The summed E-state index contributed by atoms with van der Waals surface area (Å²) < 4.78 is 35.0. The van der Waals surface area contributed by atoms with Crippen molar-refractivity contribution in [3.63, 3.8) is 0 Å². The third kappa shape index (κ3) is 8.69. The molecule has 0 atom stereocenters. The number of esters is 1. The molecule has 1 heterocycles. The number of ether oxygens (including phenoxy) is 2. The molecule has 39 heavy (non-hydrogen) atoms. The van der Waals surface area contributed by atoms with Gasteiger partial charge < -0.3 is 19.3 Å². The van der Waals surface area contributed by atoms with Gasteiger partial charge in [-0.3, -0.25) is 9.59 Å². The molecule has 1 aliphatic heterocycles. The Morgan fingerprint density at radius 1 is 1.05 bits per heavy atom. The second kappa shape index (κ2) is 13.3. The molecule has 3 rings (SSSR count). The third-order valence-electron chi connectivity index (χ3n) is 6.38. The lowest BCUT2D eigenvalue weighted by Gasteiger charge is -2.39. The molecular formula is C28H35ClN2O7S. The standard InChI is InChI=1S/C28H35ClN2O7S/c1-5-37-26(33)12-15-31(23-10-13-30(14-11-23)27(34)38-28(2,3)4)25(32)18-24(39(35)36)21-7-6-20-17-22(29)9-8-19(20)16-21/h6-9,16-17,23H,5,10-15,18H2,1-4H3. The average molecular weight is 579 g/mol. The quantitative estimate of drug-likeness (QED) is 0.258. The summed E-state index contributed by atoms with van der Waals surface area (Å²) in [4.78, 5) is 41.3. The molecule has 0 aliphatic carbocycles. The van der Waals surface area contributed by atoms with Crippen molar-refractivity contribution in [2.75, 3.05) is 26.2 Å². The summed E-state index contributed by atoms with van der Waals surface area (Å²) in [5.74, 6) is -0.850. The second-order valence-corrected chi connectivity index (χ2v) is 11.8. The second-order valence-electron chi connectivity index (χ2n) is 10.4. The van der Waals surface area contributed by atoms with Crippen LogP contribution in [-0.2, 0) is 29.4 Å². The topological polar surface area (TPSA) is 110 Å². The minimum absolute atomic E-state index is 0.0155. The van der Waals surface area contributed by atoms with E-state index in [4.69, 9.17) is 21.1 Å². The first-order valence-corrected chi connectivity index (χ1v) is 14.4. The fourth-order valence-electron chi connectivity index (χ4n) is 4.53. The van der Waals surface area contributed by atoms with Gasteiger partial charge in [-0.15, -0.1) is 0 Å². The number of amides is 2. The van der Waals surface area contributed by atoms with Crippen LogP contribution in [0.4, 0.5) is 4.79 Å². The zero-order valence-electron chi connectivity index (χ0n) is 22.7. The Balaban J connectivity index is 1.79. The van der Waals surface area contributed by atoms with Gasteiger partial charge in [-0.2, -0.15) is 8.42 Å². The number of rotatable bonds is 8. The third-order valence-corrected chi connectivity index (χ3v) is 7.39. The summed E-state index contributed by atoms with van der Waals surface area (Å²) in [5.41, 5.74) is -0.207. The number of benzene rings is 2. The van der Waals surface area contributed by atoms with Crippen LogP contribution < -0.4 is 0 Å². The Labute approximate surface area is 235 Å². The number of carbonyl (C=O) groups is 3. The SMILES string of the molecule is CCOC(=O)CCN(C(=O)CC(c1ccc2cc(Cl)ccc2c1)=S(=O)=O)C1CCN(C(=O)OC(C)(C)C)CC1. The van der Waals surface area contributed by atoms with E-state index in [9.17, 15) is 22.8 Å². The van der Waals surface area contributed by atoms with E-state index in [1.807, 2.05) is 0 Å². The van der Waals surface area contributed by atoms with Gasteiger partial charge >= 0.3 is 12.1 Å². The first kappa shape index (κ1) is 30.4. The number of carbonyl (C=O) groups excluding carboxylic acids is 3. The van der Waals surface area contributed by atoms with Gasteiger partial charge in [-0.1, -0.05) is 29.8 Å². The molecular weight excluding hydrogens is 544 g/mol. The van der Waals surface area contributed by atoms with Gasteiger partial charge in [0, 0.05) is 30.7 Å². The number of nitrogens with zero attached hydrogens (tertiary/aromatic N) is 2. The minimum Gasteiger partial charge on any atom is -0.466 e. The maximum Gasteiger partial charge on any atom is 0.410 e. The predicted octanol–water partition coefficient (Wildman–Crippen LogP) is 4.46. The Hall–Kier alpha value is -3.11. The van der Waals surface area contributed by atoms with Crippen molar-refractivity contribution in [1.82, 2.24) is 9.80 Å². The highest BCUT2D eigenvalue weighted by Crippen LogP contribution is 2.23. The molecule has 1 fully saturated rings. The molecule has 0 saturated carbocycles. The molecule has 2 amide bonds. The van der Waals surface area contributed by atoms with Crippen LogP contribution >= 0.6 is 11.6 Å². The van der Waals surface area contributed by atoms with E-state index in [-0.39, 0.29) is 36.9 Å². The lowest BCUT2D eigenvalue weighted by atomic mass is 10.0. The lowest BCUT2D eigenvalue weighted by molar-refractivity contribution is -0.144. The molecule has 11 heteroatoms. The van der Waals surface area contributed by atoms with Gasteiger partial charge in [0.2, 0.25) is 16.2 Å². The van der Waals surface area contributed by atoms with E-state index >= 15 is 0 Å². The van der Waals surface area contributed by atoms with E-state index in [0.29, 0.717) is 36.5 Å². The normalized spacial score (nSPS) is 14.1. The Morgan fingerprint density at radius 3 is 2.31 bits per heavy atom. The number of likely N-dealkylation sites (tertiary alicyclic amines) is 1. The van der Waals surface area contributed by atoms with E-state index in [1.54, 1.807) is 73.9 Å². The van der Waals surface area contributed by atoms with Crippen molar-refractivity contribution in [3.8, 4) is 0 Å². The van der Waals surface area contributed by atoms with Gasteiger partial charge in [0.15, 0.2) is 0 Å².